The third-order valence-corrected chi connectivity index (χ3v) is 5.35. The summed E-state index contributed by atoms with van der Waals surface area (Å²) in [5.74, 6) is 3.07. The molecular weight excluding hydrogens is 471 g/mol. The standard InChI is InChI=1S/C18H28N8O.HI/c1-19-18(20-13-17-22-21-16-5-3-2-4-7-26(16)17)25-10-8-24(9-11-25)14-15-6-12-27-23-15;/h6,12H,2-5,7-11,13-14H2,1H3,(H,19,20);1H. The number of aromatic nitrogens is 4. The fourth-order valence-electron chi connectivity index (χ4n) is 3.83. The summed E-state index contributed by atoms with van der Waals surface area (Å²) in [6.45, 7) is 6.37. The van der Waals surface area contributed by atoms with Crippen molar-refractivity contribution >= 4 is 29.9 Å². The number of guanidine groups is 1. The molecule has 0 bridgehead atoms. The number of nitrogens with zero attached hydrogens (tertiary/aromatic N) is 7. The van der Waals surface area contributed by atoms with Gasteiger partial charge in [-0.1, -0.05) is 11.6 Å². The smallest absolute Gasteiger partial charge is 0.194 e. The number of hydrogen-bond donors (Lipinski definition) is 1. The average Bonchev–Trinajstić information content (AvgIpc) is 3.28. The van der Waals surface area contributed by atoms with Gasteiger partial charge in [-0.15, -0.1) is 34.2 Å². The molecule has 0 atom stereocenters. The Bertz CT molecular complexity index is 752. The lowest BCUT2D eigenvalue weighted by molar-refractivity contribution is 0.169. The van der Waals surface area contributed by atoms with E-state index in [4.69, 9.17) is 4.52 Å². The van der Waals surface area contributed by atoms with Gasteiger partial charge >= 0.3 is 0 Å². The molecule has 1 saturated heterocycles. The molecule has 154 valence electrons. The van der Waals surface area contributed by atoms with Crippen LogP contribution in [0.2, 0.25) is 0 Å². The SMILES string of the molecule is CN=C(NCc1nnc2n1CCCCC2)N1CCN(Cc2ccon2)CC1.I. The molecule has 0 aliphatic carbocycles. The highest BCUT2D eigenvalue weighted by Gasteiger charge is 2.21. The van der Waals surface area contributed by atoms with E-state index < -0.39 is 0 Å². The molecule has 2 aromatic rings. The van der Waals surface area contributed by atoms with Crippen LogP contribution >= 0.6 is 24.0 Å². The van der Waals surface area contributed by atoms with E-state index in [1.54, 1.807) is 6.26 Å². The summed E-state index contributed by atoms with van der Waals surface area (Å²) >= 11 is 0. The summed E-state index contributed by atoms with van der Waals surface area (Å²) in [5, 5.41) is 16.3. The lowest BCUT2D eigenvalue weighted by atomic mass is 10.2. The third-order valence-electron chi connectivity index (χ3n) is 5.35. The molecule has 0 aromatic carbocycles. The number of hydrogen-bond acceptors (Lipinski definition) is 6. The first kappa shape index (κ1) is 21.0. The van der Waals surface area contributed by atoms with Gasteiger partial charge in [0.1, 0.15) is 12.1 Å². The van der Waals surface area contributed by atoms with E-state index in [9.17, 15) is 0 Å². The molecule has 1 N–H and O–H groups in total. The van der Waals surface area contributed by atoms with Gasteiger partial charge in [-0.25, -0.2) is 0 Å². The highest BCUT2D eigenvalue weighted by Crippen LogP contribution is 2.14. The van der Waals surface area contributed by atoms with E-state index in [1.807, 2.05) is 13.1 Å². The Kier molecular flexibility index (Phi) is 7.65. The van der Waals surface area contributed by atoms with Crippen molar-refractivity contribution in [3.8, 4) is 0 Å². The van der Waals surface area contributed by atoms with Crippen molar-refractivity contribution < 1.29 is 4.52 Å². The van der Waals surface area contributed by atoms with Crippen LogP contribution in [0.5, 0.6) is 0 Å². The minimum atomic E-state index is 0. The van der Waals surface area contributed by atoms with Crippen LogP contribution in [0.25, 0.3) is 0 Å². The number of rotatable bonds is 4. The zero-order chi connectivity index (χ0) is 18.5. The van der Waals surface area contributed by atoms with Gasteiger partial charge in [0.2, 0.25) is 0 Å². The fraction of sp³-hybridized carbons (Fsp3) is 0.667. The first-order chi connectivity index (χ1) is 13.3. The van der Waals surface area contributed by atoms with Crippen LogP contribution in [0.1, 0.15) is 36.6 Å². The molecule has 0 spiro atoms. The Morgan fingerprint density at radius 3 is 2.75 bits per heavy atom. The van der Waals surface area contributed by atoms with Crippen molar-refractivity contribution in [3.05, 3.63) is 29.7 Å². The van der Waals surface area contributed by atoms with Crippen molar-refractivity contribution in [2.24, 2.45) is 4.99 Å². The highest BCUT2D eigenvalue weighted by atomic mass is 127. The van der Waals surface area contributed by atoms with E-state index in [-0.39, 0.29) is 24.0 Å². The second kappa shape index (κ2) is 10.2. The predicted molar refractivity (Wildman–Crippen MR) is 117 cm³/mol. The molecule has 2 aromatic heterocycles. The minimum Gasteiger partial charge on any atom is -0.364 e. The van der Waals surface area contributed by atoms with E-state index >= 15 is 0 Å². The van der Waals surface area contributed by atoms with Crippen LogP contribution in [-0.2, 0) is 26.1 Å². The molecule has 2 aliphatic heterocycles. The fourth-order valence-corrected chi connectivity index (χ4v) is 3.83. The Labute approximate surface area is 182 Å². The molecule has 0 amide bonds. The maximum absolute atomic E-state index is 4.92. The summed E-state index contributed by atoms with van der Waals surface area (Å²) in [4.78, 5) is 9.16. The summed E-state index contributed by atoms with van der Waals surface area (Å²) in [6, 6.07) is 1.92. The maximum Gasteiger partial charge on any atom is 0.194 e. The second-order valence-corrected chi connectivity index (χ2v) is 7.15. The molecule has 0 radical (unpaired) electrons. The number of fused-ring (bicyclic) bond motifs is 1. The Balaban J connectivity index is 0.00000225. The zero-order valence-electron chi connectivity index (χ0n) is 16.4. The molecule has 1 fully saturated rings. The molecule has 4 rings (SSSR count). The van der Waals surface area contributed by atoms with Gasteiger partial charge in [-0.2, -0.15) is 0 Å². The lowest BCUT2D eigenvalue weighted by Gasteiger charge is -2.36. The number of piperazine rings is 1. The van der Waals surface area contributed by atoms with Crippen LogP contribution < -0.4 is 5.32 Å². The molecule has 9 nitrogen and oxygen atoms in total. The zero-order valence-corrected chi connectivity index (χ0v) is 18.7. The summed E-state index contributed by atoms with van der Waals surface area (Å²) in [5.41, 5.74) is 0.985. The van der Waals surface area contributed by atoms with Crippen LogP contribution in [-0.4, -0.2) is 68.9 Å². The predicted octanol–water partition coefficient (Wildman–Crippen LogP) is 1.50. The monoisotopic (exact) mass is 500 g/mol. The molecule has 0 saturated carbocycles. The molecule has 10 heteroatoms. The van der Waals surface area contributed by atoms with Crippen LogP contribution in [0.15, 0.2) is 21.8 Å². The van der Waals surface area contributed by atoms with Gasteiger partial charge in [-0.3, -0.25) is 9.89 Å². The molecule has 28 heavy (non-hydrogen) atoms. The molecule has 4 heterocycles. The Morgan fingerprint density at radius 2 is 2.00 bits per heavy atom. The van der Waals surface area contributed by atoms with E-state index in [2.05, 4.69) is 40.0 Å². The maximum atomic E-state index is 4.92. The minimum absolute atomic E-state index is 0. The molecule has 2 aliphatic rings. The lowest BCUT2D eigenvalue weighted by Crippen LogP contribution is -2.52. The summed E-state index contributed by atoms with van der Waals surface area (Å²) in [6.07, 6.45) is 6.36. The van der Waals surface area contributed by atoms with Gasteiger partial charge < -0.3 is 19.3 Å². The van der Waals surface area contributed by atoms with E-state index in [0.29, 0.717) is 6.54 Å². The Morgan fingerprint density at radius 1 is 1.14 bits per heavy atom. The number of nitrogens with one attached hydrogen (secondary N) is 1. The number of aryl methyl sites for hydroxylation is 1. The average molecular weight is 500 g/mol. The first-order valence-corrected chi connectivity index (χ1v) is 9.81. The van der Waals surface area contributed by atoms with E-state index in [1.165, 1.54) is 19.3 Å². The second-order valence-electron chi connectivity index (χ2n) is 7.15. The summed E-state index contributed by atoms with van der Waals surface area (Å²) in [7, 11) is 1.84. The quantitative estimate of drug-likeness (QED) is 0.387. The number of halogens is 1. The van der Waals surface area contributed by atoms with Gasteiger partial charge in [0.25, 0.3) is 0 Å². The normalized spacial score (nSPS) is 18.3. The van der Waals surface area contributed by atoms with Gasteiger partial charge in [-0.05, 0) is 12.8 Å². The van der Waals surface area contributed by atoms with Crippen molar-refractivity contribution in [3.63, 3.8) is 0 Å². The topological polar surface area (TPSA) is 87.6 Å². The summed E-state index contributed by atoms with van der Waals surface area (Å²) < 4.78 is 7.20. The third kappa shape index (κ3) is 5.02. The number of aliphatic imine (C=N–C) groups is 1. The van der Waals surface area contributed by atoms with Crippen LogP contribution in [0, 0.1) is 0 Å². The molecule has 0 unspecified atom stereocenters. The van der Waals surface area contributed by atoms with Crippen LogP contribution in [0.4, 0.5) is 0 Å². The van der Waals surface area contributed by atoms with Crippen molar-refractivity contribution in [2.75, 3.05) is 33.2 Å². The van der Waals surface area contributed by atoms with Crippen molar-refractivity contribution in [1.29, 1.82) is 0 Å². The Hall–Kier alpha value is -1.69. The van der Waals surface area contributed by atoms with Gasteiger partial charge in [0.15, 0.2) is 11.8 Å². The van der Waals surface area contributed by atoms with Crippen molar-refractivity contribution in [1.82, 2.24) is 35.0 Å². The first-order valence-electron chi connectivity index (χ1n) is 9.81. The van der Waals surface area contributed by atoms with Gasteiger partial charge in [0.05, 0.1) is 12.2 Å². The van der Waals surface area contributed by atoms with Crippen LogP contribution in [0.3, 0.4) is 0 Å². The molecular formula is C18H29IN8O. The largest absolute Gasteiger partial charge is 0.364 e. The van der Waals surface area contributed by atoms with E-state index in [0.717, 1.165) is 69.0 Å². The van der Waals surface area contributed by atoms with Gasteiger partial charge in [0, 0.05) is 58.8 Å². The highest BCUT2D eigenvalue weighted by molar-refractivity contribution is 14.0. The van der Waals surface area contributed by atoms with Crippen molar-refractivity contribution in [2.45, 2.75) is 45.3 Å².